The third-order valence-corrected chi connectivity index (χ3v) is 4.95. The van der Waals surface area contributed by atoms with Gasteiger partial charge in [-0.15, -0.1) is 0 Å². The van der Waals surface area contributed by atoms with Crippen molar-refractivity contribution in [1.82, 2.24) is 15.1 Å². The number of unbranched alkanes of at least 4 members (excludes halogenated alkanes) is 4. The van der Waals surface area contributed by atoms with Crippen LogP contribution in [0.15, 0.2) is 0 Å². The zero-order valence-electron chi connectivity index (χ0n) is 17.0. The Bertz CT molecular complexity index is 365. The molecular weight excluding hydrogens is 334 g/mol. The van der Waals surface area contributed by atoms with E-state index in [1.807, 2.05) is 37.8 Å². The van der Waals surface area contributed by atoms with E-state index >= 15 is 0 Å². The molecule has 1 amide bonds. The van der Waals surface area contributed by atoms with Crippen LogP contribution < -0.4 is 5.32 Å². The molecule has 0 saturated carbocycles. The van der Waals surface area contributed by atoms with E-state index in [9.17, 15) is 9.59 Å². The molecule has 1 N–H and O–H groups in total. The summed E-state index contributed by atoms with van der Waals surface area (Å²) in [5.41, 5.74) is 0. The number of nitrogens with one attached hydrogen (secondary N) is 1. The molecular formula is C19H39N3O2S. The van der Waals surface area contributed by atoms with Gasteiger partial charge in [0, 0.05) is 13.0 Å². The van der Waals surface area contributed by atoms with Gasteiger partial charge in [-0.1, -0.05) is 19.3 Å². The van der Waals surface area contributed by atoms with Crippen LogP contribution in [0.25, 0.3) is 0 Å². The molecule has 0 spiro atoms. The van der Waals surface area contributed by atoms with E-state index in [-0.39, 0.29) is 17.7 Å². The second kappa shape index (κ2) is 15.6. The van der Waals surface area contributed by atoms with Crippen molar-refractivity contribution in [2.45, 2.75) is 57.9 Å². The van der Waals surface area contributed by atoms with Crippen LogP contribution in [-0.4, -0.2) is 80.3 Å². The van der Waals surface area contributed by atoms with Gasteiger partial charge in [0.25, 0.3) is 0 Å². The number of nitrogens with zero attached hydrogens (tertiary/aromatic N) is 2. The highest BCUT2D eigenvalue weighted by Crippen LogP contribution is 2.09. The van der Waals surface area contributed by atoms with Gasteiger partial charge in [0.1, 0.15) is 5.78 Å². The van der Waals surface area contributed by atoms with E-state index in [4.69, 9.17) is 0 Å². The molecule has 5 nitrogen and oxygen atoms in total. The normalized spacial score (nSPS) is 12.6. The second-order valence-corrected chi connectivity index (χ2v) is 8.10. The topological polar surface area (TPSA) is 52.7 Å². The second-order valence-electron chi connectivity index (χ2n) is 7.11. The summed E-state index contributed by atoms with van der Waals surface area (Å²) in [5, 5.41) is 2.99. The number of hydrogen-bond donors (Lipinski definition) is 1. The standard InChI is InChI=1S/C19H39N3O2S/c1-17(23)16-18(19(24)20-12-11-13-21(2)3)22(4)14-9-7-6-8-10-15-25-5/h18H,6-16H2,1-5H3,(H,20,24). The van der Waals surface area contributed by atoms with E-state index < -0.39 is 0 Å². The zero-order valence-corrected chi connectivity index (χ0v) is 17.8. The van der Waals surface area contributed by atoms with Crippen molar-refractivity contribution in [1.29, 1.82) is 0 Å². The predicted molar refractivity (Wildman–Crippen MR) is 109 cm³/mol. The van der Waals surface area contributed by atoms with Crippen molar-refractivity contribution in [2.75, 3.05) is 52.8 Å². The molecule has 25 heavy (non-hydrogen) atoms. The molecule has 0 radical (unpaired) electrons. The Hall–Kier alpha value is -0.590. The Morgan fingerprint density at radius 3 is 2.20 bits per heavy atom. The minimum Gasteiger partial charge on any atom is -0.355 e. The number of rotatable bonds is 16. The molecule has 0 aromatic heterocycles. The maximum atomic E-state index is 12.5. The van der Waals surface area contributed by atoms with Crippen molar-refractivity contribution in [2.24, 2.45) is 0 Å². The SMILES string of the molecule is CSCCCCCCCN(C)C(CC(C)=O)C(=O)NCCCN(C)C. The highest BCUT2D eigenvalue weighted by atomic mass is 32.2. The van der Waals surface area contributed by atoms with Crippen molar-refractivity contribution in [3.8, 4) is 0 Å². The quantitative estimate of drug-likeness (QED) is 0.422. The lowest BCUT2D eigenvalue weighted by Crippen LogP contribution is -2.47. The smallest absolute Gasteiger partial charge is 0.237 e. The lowest BCUT2D eigenvalue weighted by Gasteiger charge is -2.26. The third-order valence-electron chi connectivity index (χ3n) is 4.26. The van der Waals surface area contributed by atoms with Gasteiger partial charge in [-0.2, -0.15) is 11.8 Å². The van der Waals surface area contributed by atoms with Crippen LogP contribution in [0.4, 0.5) is 0 Å². The molecule has 6 heteroatoms. The molecule has 0 bridgehead atoms. The minimum absolute atomic E-state index is 0.0172. The number of amides is 1. The van der Waals surface area contributed by atoms with Crippen LogP contribution >= 0.6 is 11.8 Å². The summed E-state index contributed by atoms with van der Waals surface area (Å²) in [6, 6.07) is -0.339. The van der Waals surface area contributed by atoms with Gasteiger partial charge in [0.05, 0.1) is 6.04 Å². The highest BCUT2D eigenvalue weighted by molar-refractivity contribution is 7.98. The fourth-order valence-corrected chi connectivity index (χ4v) is 3.23. The maximum Gasteiger partial charge on any atom is 0.237 e. The number of carbonyl (C=O) groups is 2. The Kier molecular flexibility index (Phi) is 15.3. The van der Waals surface area contributed by atoms with Crippen LogP contribution in [0.5, 0.6) is 0 Å². The molecule has 148 valence electrons. The van der Waals surface area contributed by atoms with E-state index in [1.54, 1.807) is 6.92 Å². The molecule has 0 rings (SSSR count). The predicted octanol–water partition coefficient (Wildman–Crippen LogP) is 2.65. The van der Waals surface area contributed by atoms with E-state index in [0.29, 0.717) is 13.0 Å². The molecule has 0 aliphatic carbocycles. The summed E-state index contributed by atoms with van der Waals surface area (Å²) >= 11 is 1.91. The molecule has 1 atom stereocenters. The van der Waals surface area contributed by atoms with Crippen molar-refractivity contribution < 1.29 is 9.59 Å². The summed E-state index contributed by atoms with van der Waals surface area (Å²) in [5.74, 6) is 1.29. The van der Waals surface area contributed by atoms with Crippen LogP contribution in [0.2, 0.25) is 0 Å². The highest BCUT2D eigenvalue weighted by Gasteiger charge is 2.24. The average molecular weight is 374 g/mol. The Morgan fingerprint density at radius 2 is 1.60 bits per heavy atom. The average Bonchev–Trinajstić information content (AvgIpc) is 2.55. The third kappa shape index (κ3) is 14.3. The number of carbonyl (C=O) groups excluding carboxylic acids is 2. The zero-order chi connectivity index (χ0) is 19.1. The summed E-state index contributed by atoms with van der Waals surface area (Å²) in [4.78, 5) is 28.1. The monoisotopic (exact) mass is 373 g/mol. The molecule has 1 unspecified atom stereocenters. The Labute approximate surface area is 159 Å². The van der Waals surface area contributed by atoms with Gasteiger partial charge in [-0.3, -0.25) is 14.5 Å². The van der Waals surface area contributed by atoms with Gasteiger partial charge in [-0.05, 0) is 72.4 Å². The molecule has 0 heterocycles. The lowest BCUT2D eigenvalue weighted by molar-refractivity contribution is -0.129. The van der Waals surface area contributed by atoms with Crippen LogP contribution in [0.1, 0.15) is 51.9 Å². The molecule has 0 saturated heterocycles. The van der Waals surface area contributed by atoms with Gasteiger partial charge < -0.3 is 10.2 Å². The first-order valence-electron chi connectivity index (χ1n) is 9.49. The molecule has 0 fully saturated rings. The largest absolute Gasteiger partial charge is 0.355 e. The number of Topliss-reactive ketones (excluding diaryl/α,β-unsaturated/α-hetero) is 1. The van der Waals surface area contributed by atoms with Crippen LogP contribution in [0.3, 0.4) is 0 Å². The van der Waals surface area contributed by atoms with Gasteiger partial charge in [0.2, 0.25) is 5.91 Å². The van der Waals surface area contributed by atoms with Crippen molar-refractivity contribution >= 4 is 23.5 Å². The van der Waals surface area contributed by atoms with Crippen molar-refractivity contribution in [3.63, 3.8) is 0 Å². The first-order valence-corrected chi connectivity index (χ1v) is 10.9. The van der Waals surface area contributed by atoms with Gasteiger partial charge in [-0.25, -0.2) is 0 Å². The molecule has 0 aliphatic rings. The molecule has 0 aromatic rings. The number of likely N-dealkylation sites (N-methyl/N-ethyl adjacent to an activating group) is 1. The molecule has 0 aromatic carbocycles. The lowest BCUT2D eigenvalue weighted by atomic mass is 10.1. The van der Waals surface area contributed by atoms with Gasteiger partial charge >= 0.3 is 0 Å². The van der Waals surface area contributed by atoms with Crippen LogP contribution in [-0.2, 0) is 9.59 Å². The fraction of sp³-hybridized carbons (Fsp3) is 0.895. The number of ketones is 1. The first kappa shape index (κ1) is 24.4. The number of hydrogen-bond acceptors (Lipinski definition) is 5. The summed E-state index contributed by atoms with van der Waals surface area (Å²) in [7, 11) is 6.01. The van der Waals surface area contributed by atoms with Crippen LogP contribution in [0, 0.1) is 0 Å². The van der Waals surface area contributed by atoms with E-state index in [0.717, 1.165) is 25.9 Å². The van der Waals surface area contributed by atoms with Gasteiger partial charge in [0.15, 0.2) is 0 Å². The summed E-state index contributed by atoms with van der Waals surface area (Å²) in [6.45, 7) is 4.04. The molecule has 0 aliphatic heterocycles. The van der Waals surface area contributed by atoms with E-state index in [1.165, 1.54) is 31.4 Å². The Balaban J connectivity index is 4.16. The van der Waals surface area contributed by atoms with E-state index in [2.05, 4.69) is 16.5 Å². The minimum atomic E-state index is -0.339. The fourth-order valence-electron chi connectivity index (χ4n) is 2.74. The summed E-state index contributed by atoms with van der Waals surface area (Å²) < 4.78 is 0. The summed E-state index contributed by atoms with van der Waals surface area (Å²) in [6.07, 6.45) is 9.47. The van der Waals surface area contributed by atoms with Crippen molar-refractivity contribution in [3.05, 3.63) is 0 Å². The maximum absolute atomic E-state index is 12.5. The first-order chi connectivity index (χ1) is 11.9. The number of thioether (sulfide) groups is 1. The Morgan fingerprint density at radius 1 is 0.960 bits per heavy atom.